The van der Waals surface area contributed by atoms with E-state index in [1.807, 2.05) is 54.6 Å². The van der Waals surface area contributed by atoms with E-state index in [0.717, 1.165) is 46.6 Å². The van der Waals surface area contributed by atoms with Crippen molar-refractivity contribution in [1.82, 2.24) is 9.99 Å². The van der Waals surface area contributed by atoms with Crippen LogP contribution in [0.15, 0.2) is 90.8 Å². The summed E-state index contributed by atoms with van der Waals surface area (Å²) in [5.41, 5.74) is 17.1. The van der Waals surface area contributed by atoms with Crippen LogP contribution in [-0.2, 0) is 6.42 Å². The van der Waals surface area contributed by atoms with Crippen molar-refractivity contribution in [2.24, 2.45) is 11.5 Å². The first-order chi connectivity index (χ1) is 19.2. The molecular formula is C30H31Cl2N7O. The number of amidine groups is 1. The Kier molecular flexibility index (Phi) is 7.82. The minimum Gasteiger partial charge on any atom is -0.492 e. The minimum atomic E-state index is -0.144. The van der Waals surface area contributed by atoms with Crippen LogP contribution in [0.1, 0.15) is 22.9 Å². The number of nitrogens with zero attached hydrogens (tertiary/aromatic N) is 2. The molecule has 0 saturated carbocycles. The number of hydrogen-bond donors (Lipinski definition) is 5. The molecule has 3 aromatic carbocycles. The largest absolute Gasteiger partial charge is 0.492 e. The van der Waals surface area contributed by atoms with E-state index < -0.39 is 0 Å². The lowest BCUT2D eigenvalue weighted by atomic mass is 9.91. The fourth-order valence-corrected chi connectivity index (χ4v) is 5.48. The molecule has 8 N–H and O–H groups in total. The highest BCUT2D eigenvalue weighted by atomic mass is 35.5. The van der Waals surface area contributed by atoms with Crippen molar-refractivity contribution in [2.75, 3.05) is 30.4 Å². The molecule has 1 aromatic heterocycles. The number of fused-ring (bicyclic) bond motifs is 3. The second-order valence-corrected chi connectivity index (χ2v) is 10.5. The van der Waals surface area contributed by atoms with Gasteiger partial charge in [0.25, 0.3) is 0 Å². The molecule has 4 aromatic rings. The SMILES string of the molecule is C=C(N)/C(=C/NCCOc1ccc(C2c3c(c4cc(Cl)ccc4n3N)CCN2c2ccc(Cl)cc2)cc1)C(=N)N. The number of rotatable bonds is 9. The lowest BCUT2D eigenvalue weighted by Gasteiger charge is -2.38. The monoisotopic (exact) mass is 575 g/mol. The van der Waals surface area contributed by atoms with Crippen LogP contribution in [0.4, 0.5) is 5.69 Å². The molecule has 1 aliphatic rings. The van der Waals surface area contributed by atoms with Gasteiger partial charge < -0.3 is 32.3 Å². The molecule has 0 amide bonds. The first kappa shape index (κ1) is 27.3. The third-order valence-electron chi connectivity index (χ3n) is 7.04. The highest BCUT2D eigenvalue weighted by Gasteiger charge is 2.34. The molecule has 5 rings (SSSR count). The lowest BCUT2D eigenvalue weighted by molar-refractivity contribution is 0.320. The van der Waals surface area contributed by atoms with Crippen LogP contribution >= 0.6 is 23.2 Å². The van der Waals surface area contributed by atoms with Crippen LogP contribution in [0, 0.1) is 5.41 Å². The van der Waals surface area contributed by atoms with Gasteiger partial charge >= 0.3 is 0 Å². The molecule has 206 valence electrons. The van der Waals surface area contributed by atoms with Crippen LogP contribution in [-0.4, -0.2) is 30.2 Å². The Morgan fingerprint density at radius 3 is 2.42 bits per heavy atom. The van der Waals surface area contributed by atoms with Crippen molar-refractivity contribution in [2.45, 2.75) is 12.5 Å². The van der Waals surface area contributed by atoms with E-state index in [9.17, 15) is 0 Å². The van der Waals surface area contributed by atoms with Crippen molar-refractivity contribution < 1.29 is 4.74 Å². The number of anilines is 1. The van der Waals surface area contributed by atoms with E-state index in [-0.39, 0.29) is 17.6 Å². The quantitative estimate of drug-likeness (QED) is 0.0622. The summed E-state index contributed by atoms with van der Waals surface area (Å²) in [5, 5.41) is 13.1. The number of benzene rings is 3. The summed E-state index contributed by atoms with van der Waals surface area (Å²) in [6.07, 6.45) is 2.41. The first-order valence-electron chi connectivity index (χ1n) is 12.8. The third-order valence-corrected chi connectivity index (χ3v) is 7.52. The number of aromatic nitrogens is 1. The fraction of sp³-hybridized carbons (Fsp3) is 0.167. The molecule has 0 spiro atoms. The molecule has 40 heavy (non-hydrogen) atoms. The Hall–Kier alpha value is -4.27. The second kappa shape index (κ2) is 11.5. The van der Waals surface area contributed by atoms with Gasteiger partial charge in [-0.05, 0) is 72.1 Å². The van der Waals surface area contributed by atoms with Gasteiger partial charge in [0.2, 0.25) is 0 Å². The van der Waals surface area contributed by atoms with Crippen molar-refractivity contribution in [3.63, 3.8) is 0 Å². The summed E-state index contributed by atoms with van der Waals surface area (Å²) >= 11 is 12.6. The van der Waals surface area contributed by atoms with Crippen LogP contribution in [0.3, 0.4) is 0 Å². The molecule has 0 fully saturated rings. The zero-order valence-electron chi connectivity index (χ0n) is 21.8. The van der Waals surface area contributed by atoms with Crippen LogP contribution in [0.5, 0.6) is 5.75 Å². The predicted molar refractivity (Wildman–Crippen MR) is 165 cm³/mol. The summed E-state index contributed by atoms with van der Waals surface area (Å²) in [6.45, 7) is 5.33. The fourth-order valence-electron chi connectivity index (χ4n) is 5.18. The van der Waals surface area contributed by atoms with E-state index in [1.54, 1.807) is 10.9 Å². The number of halogens is 2. The summed E-state index contributed by atoms with van der Waals surface area (Å²) < 4.78 is 7.72. The maximum Gasteiger partial charge on any atom is 0.126 e. The zero-order valence-corrected chi connectivity index (χ0v) is 23.3. The van der Waals surface area contributed by atoms with Crippen LogP contribution in [0.25, 0.3) is 10.9 Å². The summed E-state index contributed by atoms with van der Waals surface area (Å²) in [6, 6.07) is 21.7. The van der Waals surface area contributed by atoms with Gasteiger partial charge in [-0.1, -0.05) is 41.9 Å². The van der Waals surface area contributed by atoms with Gasteiger partial charge in [0.15, 0.2) is 0 Å². The van der Waals surface area contributed by atoms with Gasteiger partial charge in [-0.3, -0.25) is 10.1 Å². The van der Waals surface area contributed by atoms with E-state index in [4.69, 9.17) is 50.7 Å². The third kappa shape index (κ3) is 5.41. The van der Waals surface area contributed by atoms with Gasteiger partial charge in [-0.15, -0.1) is 0 Å². The molecule has 1 aliphatic heterocycles. The second-order valence-electron chi connectivity index (χ2n) is 9.59. The maximum atomic E-state index is 7.55. The molecule has 0 saturated heterocycles. The molecule has 0 radical (unpaired) electrons. The van der Waals surface area contributed by atoms with Crippen molar-refractivity contribution in [3.8, 4) is 5.75 Å². The number of hydrogen-bond acceptors (Lipinski definition) is 6. The van der Waals surface area contributed by atoms with E-state index in [2.05, 4.69) is 28.9 Å². The average molecular weight is 577 g/mol. The topological polar surface area (TPSA) is 131 Å². The van der Waals surface area contributed by atoms with Gasteiger partial charge in [0, 0.05) is 46.1 Å². The Morgan fingerprint density at radius 2 is 1.75 bits per heavy atom. The standard InChI is InChI=1S/C30H31Cl2N7O/c1-18(33)26(30(34)35)17-37-13-15-40-23-9-2-19(3-10-23)28-29-24(25-16-21(32)6-11-27(25)39(29)36)12-14-38(28)22-7-4-20(31)5-8-22/h2-11,16-17,28,37H,1,12-15,33,36H2,(H3,34,35)/b26-17-. The van der Waals surface area contributed by atoms with Gasteiger partial charge in [0.1, 0.15) is 18.2 Å². The highest BCUT2D eigenvalue weighted by molar-refractivity contribution is 6.31. The number of nitrogen functional groups attached to an aromatic ring is 1. The Balaban J connectivity index is 1.41. The van der Waals surface area contributed by atoms with Crippen molar-refractivity contribution in [1.29, 1.82) is 5.41 Å². The van der Waals surface area contributed by atoms with E-state index in [1.165, 1.54) is 5.56 Å². The highest BCUT2D eigenvalue weighted by Crippen LogP contribution is 2.42. The zero-order chi connectivity index (χ0) is 28.4. The van der Waals surface area contributed by atoms with Crippen molar-refractivity contribution in [3.05, 3.63) is 118 Å². The molecule has 2 heterocycles. The molecule has 0 bridgehead atoms. The summed E-state index contributed by atoms with van der Waals surface area (Å²) in [5.74, 6) is 7.33. The normalized spacial score (nSPS) is 15.1. The molecule has 8 nitrogen and oxygen atoms in total. The smallest absolute Gasteiger partial charge is 0.126 e. The van der Waals surface area contributed by atoms with Gasteiger partial charge in [-0.2, -0.15) is 0 Å². The Bertz CT molecular complexity index is 1580. The average Bonchev–Trinajstić information content (AvgIpc) is 3.21. The van der Waals surface area contributed by atoms with E-state index >= 15 is 0 Å². The number of nitrogens with one attached hydrogen (secondary N) is 2. The molecule has 10 heteroatoms. The molecular weight excluding hydrogens is 545 g/mol. The van der Waals surface area contributed by atoms with E-state index in [0.29, 0.717) is 28.8 Å². The summed E-state index contributed by atoms with van der Waals surface area (Å²) in [7, 11) is 0. The molecule has 1 unspecified atom stereocenters. The van der Waals surface area contributed by atoms with Crippen LogP contribution < -0.4 is 32.3 Å². The Morgan fingerprint density at radius 1 is 1.05 bits per heavy atom. The van der Waals surface area contributed by atoms with Gasteiger partial charge in [-0.25, -0.2) is 0 Å². The summed E-state index contributed by atoms with van der Waals surface area (Å²) in [4.78, 5) is 2.35. The molecule has 1 atom stereocenters. The predicted octanol–water partition coefficient (Wildman–Crippen LogP) is 5.07. The van der Waals surface area contributed by atoms with Crippen LogP contribution in [0.2, 0.25) is 10.0 Å². The first-order valence-corrected chi connectivity index (χ1v) is 13.6. The number of ether oxygens (including phenoxy) is 1. The lowest BCUT2D eigenvalue weighted by Crippen LogP contribution is -2.38. The number of nitrogens with two attached hydrogens (primary N) is 3. The molecule has 0 aliphatic carbocycles. The minimum absolute atomic E-state index is 0.128. The maximum absolute atomic E-state index is 7.55. The Labute approximate surface area is 243 Å². The van der Waals surface area contributed by atoms with Gasteiger partial charge in [0.05, 0.1) is 22.8 Å². The van der Waals surface area contributed by atoms with Crippen molar-refractivity contribution >= 4 is 45.6 Å².